The number of anilines is 1. The van der Waals surface area contributed by atoms with Crippen LogP contribution in [0.5, 0.6) is 0 Å². The number of aromatic nitrogens is 2. The number of benzene rings is 2. The zero-order chi connectivity index (χ0) is 19.9. The third-order valence-electron chi connectivity index (χ3n) is 5.08. The van der Waals surface area contributed by atoms with Gasteiger partial charge in [0.15, 0.2) is 0 Å². The molecule has 3 aromatic rings. The molecule has 1 aliphatic rings. The molecule has 0 spiro atoms. The third-order valence-corrected chi connectivity index (χ3v) is 5.08. The second-order valence-corrected chi connectivity index (χ2v) is 7.16. The third kappa shape index (κ3) is 5.18. The number of hydrogen-bond donors (Lipinski definition) is 1. The van der Waals surface area contributed by atoms with Crippen LogP contribution in [0.3, 0.4) is 0 Å². The summed E-state index contributed by atoms with van der Waals surface area (Å²) in [5.74, 6) is 0.442. The first kappa shape index (κ1) is 19.1. The molecule has 6 heteroatoms. The van der Waals surface area contributed by atoms with E-state index < -0.39 is 0 Å². The molecule has 1 aliphatic heterocycles. The summed E-state index contributed by atoms with van der Waals surface area (Å²) in [4.78, 5) is 26.0. The number of rotatable bonds is 6. The average Bonchev–Trinajstić information content (AvgIpc) is 2.79. The number of nitrogens with one attached hydrogen (secondary N) is 1. The Morgan fingerprint density at radius 1 is 0.862 bits per heavy atom. The Kier molecular flexibility index (Phi) is 6.12. The van der Waals surface area contributed by atoms with E-state index in [2.05, 4.69) is 49.4 Å². The predicted molar refractivity (Wildman–Crippen MR) is 114 cm³/mol. The van der Waals surface area contributed by atoms with Crippen molar-refractivity contribution in [3.63, 3.8) is 0 Å². The monoisotopic (exact) mass is 387 g/mol. The van der Waals surface area contributed by atoms with Crippen LogP contribution in [0.25, 0.3) is 0 Å². The molecule has 0 atom stereocenters. The van der Waals surface area contributed by atoms with Gasteiger partial charge in [0.25, 0.3) is 5.91 Å². The van der Waals surface area contributed by atoms with Gasteiger partial charge in [-0.15, -0.1) is 0 Å². The van der Waals surface area contributed by atoms with Gasteiger partial charge >= 0.3 is 0 Å². The molecule has 0 radical (unpaired) electrons. The Hall–Kier alpha value is -3.25. The van der Waals surface area contributed by atoms with Crippen molar-refractivity contribution in [1.82, 2.24) is 20.2 Å². The Morgan fingerprint density at radius 2 is 1.52 bits per heavy atom. The lowest BCUT2D eigenvalue weighted by atomic mass is 10.2. The highest BCUT2D eigenvalue weighted by Gasteiger charge is 2.20. The van der Waals surface area contributed by atoms with Crippen LogP contribution in [0, 0.1) is 0 Å². The lowest BCUT2D eigenvalue weighted by Crippen LogP contribution is -2.46. The number of hydrogen-bond acceptors (Lipinski definition) is 5. The minimum atomic E-state index is -0.180. The van der Waals surface area contributed by atoms with Gasteiger partial charge in [-0.3, -0.25) is 9.69 Å². The highest BCUT2D eigenvalue weighted by molar-refractivity contribution is 5.92. The van der Waals surface area contributed by atoms with E-state index in [1.54, 1.807) is 12.3 Å². The topological polar surface area (TPSA) is 61.4 Å². The van der Waals surface area contributed by atoms with Crippen LogP contribution in [0.4, 0.5) is 5.95 Å². The molecule has 0 bridgehead atoms. The first-order valence-corrected chi connectivity index (χ1v) is 9.94. The van der Waals surface area contributed by atoms with Crippen molar-refractivity contribution in [3.05, 3.63) is 89.7 Å². The van der Waals surface area contributed by atoms with Crippen LogP contribution in [-0.4, -0.2) is 47.0 Å². The minimum Gasteiger partial charge on any atom is -0.347 e. The quantitative estimate of drug-likeness (QED) is 0.705. The van der Waals surface area contributed by atoms with E-state index in [0.29, 0.717) is 18.2 Å². The largest absolute Gasteiger partial charge is 0.347 e. The summed E-state index contributed by atoms with van der Waals surface area (Å²) in [5, 5.41) is 2.92. The van der Waals surface area contributed by atoms with Crippen molar-refractivity contribution >= 4 is 11.9 Å². The fourth-order valence-electron chi connectivity index (χ4n) is 3.44. The van der Waals surface area contributed by atoms with Gasteiger partial charge in [0, 0.05) is 45.5 Å². The number of piperazine rings is 1. The lowest BCUT2D eigenvalue weighted by molar-refractivity contribution is 0.0945. The number of carbonyl (C=O) groups excluding carboxylic acids is 1. The normalized spacial score (nSPS) is 14.6. The fourth-order valence-corrected chi connectivity index (χ4v) is 3.44. The second kappa shape index (κ2) is 9.30. The van der Waals surface area contributed by atoms with Gasteiger partial charge in [-0.25, -0.2) is 9.97 Å². The van der Waals surface area contributed by atoms with Crippen molar-refractivity contribution in [2.75, 3.05) is 31.1 Å². The Morgan fingerprint density at radius 3 is 2.21 bits per heavy atom. The van der Waals surface area contributed by atoms with Gasteiger partial charge in [-0.2, -0.15) is 0 Å². The first-order chi connectivity index (χ1) is 14.3. The first-order valence-electron chi connectivity index (χ1n) is 9.94. The van der Waals surface area contributed by atoms with Crippen LogP contribution in [-0.2, 0) is 13.1 Å². The molecule has 148 valence electrons. The van der Waals surface area contributed by atoms with Gasteiger partial charge < -0.3 is 10.2 Å². The molecule has 1 amide bonds. The van der Waals surface area contributed by atoms with E-state index in [4.69, 9.17) is 0 Å². The molecule has 4 rings (SSSR count). The molecule has 6 nitrogen and oxygen atoms in total. The SMILES string of the molecule is O=C(NCc1ccccc1)c1ccnc(N2CCN(Cc3ccccc3)CC2)n1. The minimum absolute atomic E-state index is 0.180. The molecular weight excluding hydrogens is 362 g/mol. The molecule has 1 aromatic heterocycles. The summed E-state index contributed by atoms with van der Waals surface area (Å²) in [5.41, 5.74) is 2.79. The van der Waals surface area contributed by atoms with Crippen LogP contribution in [0.2, 0.25) is 0 Å². The molecule has 1 saturated heterocycles. The highest BCUT2D eigenvalue weighted by atomic mass is 16.1. The number of carbonyl (C=O) groups is 1. The van der Waals surface area contributed by atoms with E-state index in [1.165, 1.54) is 5.56 Å². The lowest BCUT2D eigenvalue weighted by Gasteiger charge is -2.34. The second-order valence-electron chi connectivity index (χ2n) is 7.16. The van der Waals surface area contributed by atoms with Crippen molar-refractivity contribution in [2.45, 2.75) is 13.1 Å². The summed E-state index contributed by atoms with van der Waals surface area (Å²) in [6, 6.07) is 22.0. The summed E-state index contributed by atoms with van der Waals surface area (Å²) in [7, 11) is 0. The predicted octanol–water partition coefficient (Wildman–Crippen LogP) is 2.73. The molecule has 2 heterocycles. The highest BCUT2D eigenvalue weighted by Crippen LogP contribution is 2.13. The number of amides is 1. The average molecular weight is 387 g/mol. The molecule has 0 unspecified atom stereocenters. The van der Waals surface area contributed by atoms with E-state index in [0.717, 1.165) is 38.3 Å². The van der Waals surface area contributed by atoms with Crippen LogP contribution >= 0.6 is 0 Å². The fraction of sp³-hybridized carbons (Fsp3) is 0.261. The maximum Gasteiger partial charge on any atom is 0.270 e. The zero-order valence-electron chi connectivity index (χ0n) is 16.4. The zero-order valence-corrected chi connectivity index (χ0v) is 16.4. The maximum atomic E-state index is 12.5. The van der Waals surface area contributed by atoms with E-state index in [1.807, 2.05) is 36.4 Å². The molecule has 2 aromatic carbocycles. The van der Waals surface area contributed by atoms with Crippen molar-refractivity contribution in [3.8, 4) is 0 Å². The molecule has 0 aliphatic carbocycles. The molecule has 0 saturated carbocycles. The molecule has 1 fully saturated rings. The van der Waals surface area contributed by atoms with Crippen molar-refractivity contribution in [2.24, 2.45) is 0 Å². The standard InChI is InChI=1S/C23H25N5O/c29-22(25-17-19-7-3-1-4-8-19)21-11-12-24-23(26-21)28-15-13-27(14-16-28)18-20-9-5-2-6-10-20/h1-12H,13-18H2,(H,25,29). The summed E-state index contributed by atoms with van der Waals surface area (Å²) in [6.07, 6.45) is 1.66. The molecular formula is C23H25N5O. The van der Waals surface area contributed by atoms with E-state index in [9.17, 15) is 4.79 Å². The Labute approximate surface area is 171 Å². The van der Waals surface area contributed by atoms with Gasteiger partial charge in [0.2, 0.25) is 5.95 Å². The smallest absolute Gasteiger partial charge is 0.270 e. The van der Waals surface area contributed by atoms with Crippen molar-refractivity contribution in [1.29, 1.82) is 0 Å². The summed E-state index contributed by atoms with van der Waals surface area (Å²) >= 11 is 0. The number of nitrogens with zero attached hydrogens (tertiary/aromatic N) is 4. The van der Waals surface area contributed by atoms with E-state index in [-0.39, 0.29) is 5.91 Å². The molecule has 29 heavy (non-hydrogen) atoms. The van der Waals surface area contributed by atoms with Crippen LogP contribution in [0.1, 0.15) is 21.6 Å². The summed E-state index contributed by atoms with van der Waals surface area (Å²) < 4.78 is 0. The summed E-state index contributed by atoms with van der Waals surface area (Å²) in [6.45, 7) is 5.03. The molecule has 1 N–H and O–H groups in total. The Balaban J connectivity index is 1.32. The van der Waals surface area contributed by atoms with Gasteiger partial charge in [0.05, 0.1) is 0 Å². The van der Waals surface area contributed by atoms with Crippen LogP contribution in [0.15, 0.2) is 72.9 Å². The van der Waals surface area contributed by atoms with E-state index >= 15 is 0 Å². The van der Waals surface area contributed by atoms with Gasteiger partial charge in [-0.05, 0) is 17.2 Å². The van der Waals surface area contributed by atoms with Crippen LogP contribution < -0.4 is 10.2 Å². The van der Waals surface area contributed by atoms with Gasteiger partial charge in [0.1, 0.15) is 5.69 Å². The van der Waals surface area contributed by atoms with Gasteiger partial charge in [-0.1, -0.05) is 60.7 Å². The maximum absolute atomic E-state index is 12.5. The Bertz CT molecular complexity index is 924. The van der Waals surface area contributed by atoms with Crippen molar-refractivity contribution < 1.29 is 4.79 Å².